The molecule has 1 unspecified atom stereocenters. The highest BCUT2D eigenvalue weighted by atomic mass is 32.1. The summed E-state index contributed by atoms with van der Waals surface area (Å²) >= 11 is 1.77. The second-order valence-electron chi connectivity index (χ2n) is 9.04. The average molecular weight is 457 g/mol. The van der Waals surface area contributed by atoms with Crippen molar-refractivity contribution in [2.24, 2.45) is 11.7 Å². The van der Waals surface area contributed by atoms with Gasteiger partial charge in [0, 0.05) is 49.2 Å². The van der Waals surface area contributed by atoms with E-state index in [1.807, 2.05) is 31.2 Å². The second-order valence-corrected chi connectivity index (χ2v) is 10.1. The minimum absolute atomic E-state index is 0.0787. The van der Waals surface area contributed by atoms with Gasteiger partial charge in [-0.25, -0.2) is 0 Å². The minimum Gasteiger partial charge on any atom is -0.353 e. The van der Waals surface area contributed by atoms with E-state index in [2.05, 4.69) is 41.6 Å². The smallest absolute Gasteiger partial charge is 0.254 e. The lowest BCUT2D eigenvalue weighted by atomic mass is 9.93. The van der Waals surface area contributed by atoms with E-state index >= 15 is 0 Å². The number of carbonyl (C=O) groups excluding carboxylic acids is 2. The highest BCUT2D eigenvalue weighted by Crippen LogP contribution is 2.27. The van der Waals surface area contributed by atoms with Crippen molar-refractivity contribution in [1.82, 2.24) is 15.1 Å². The van der Waals surface area contributed by atoms with Crippen LogP contribution in [0, 0.1) is 12.8 Å². The molecule has 1 aromatic heterocycles. The van der Waals surface area contributed by atoms with Crippen molar-refractivity contribution in [3.05, 3.63) is 57.8 Å². The molecule has 0 saturated carbocycles. The molecule has 0 aliphatic carbocycles. The first-order valence-electron chi connectivity index (χ1n) is 11.5. The van der Waals surface area contributed by atoms with Crippen LogP contribution in [0.2, 0.25) is 0 Å². The molecule has 6 nitrogen and oxygen atoms in total. The molecule has 3 N–H and O–H groups in total. The normalized spacial score (nSPS) is 18.9. The molecule has 7 heteroatoms. The molecule has 1 fully saturated rings. The number of benzene rings is 1. The minimum atomic E-state index is -0.493. The van der Waals surface area contributed by atoms with E-state index in [1.54, 1.807) is 16.2 Å². The topological polar surface area (TPSA) is 78.7 Å². The summed E-state index contributed by atoms with van der Waals surface area (Å²) in [5.74, 6) is 0.331. The number of nitrogens with zero attached hydrogens (tertiary/aromatic N) is 2. The lowest BCUT2D eigenvalue weighted by molar-refractivity contribution is -0.127. The molecule has 2 aromatic rings. The lowest BCUT2D eigenvalue weighted by Crippen LogP contribution is -2.57. The third-order valence-electron chi connectivity index (χ3n) is 5.94. The molecule has 2 atom stereocenters. The van der Waals surface area contributed by atoms with Crippen LogP contribution in [-0.2, 0) is 11.3 Å². The third-order valence-corrected chi connectivity index (χ3v) is 6.80. The van der Waals surface area contributed by atoms with Crippen LogP contribution in [0.1, 0.15) is 47.5 Å². The first kappa shape index (κ1) is 24.4. The summed E-state index contributed by atoms with van der Waals surface area (Å²) in [5, 5.41) is 5.02. The summed E-state index contributed by atoms with van der Waals surface area (Å²) < 4.78 is 0. The molecule has 1 aliphatic heterocycles. The number of piperidine rings is 1. The van der Waals surface area contributed by atoms with Gasteiger partial charge in [0.1, 0.15) is 6.04 Å². The van der Waals surface area contributed by atoms with Crippen LogP contribution in [0.4, 0.5) is 0 Å². The Labute approximate surface area is 195 Å². The van der Waals surface area contributed by atoms with Gasteiger partial charge in [0.15, 0.2) is 0 Å². The fourth-order valence-electron chi connectivity index (χ4n) is 4.36. The van der Waals surface area contributed by atoms with Gasteiger partial charge in [0.2, 0.25) is 5.91 Å². The molecular weight excluding hydrogens is 420 g/mol. The number of aryl methyl sites for hydroxylation is 1. The number of carbonyl (C=O) groups is 2. The Kier molecular flexibility index (Phi) is 8.84. The highest BCUT2D eigenvalue weighted by molar-refractivity contribution is 7.09. The number of nitrogens with one attached hydrogen (secondary N) is 1. The molecular formula is C25H36N4O2S. The summed E-state index contributed by atoms with van der Waals surface area (Å²) in [6.07, 6.45) is 1.49. The van der Waals surface area contributed by atoms with E-state index in [4.69, 9.17) is 5.73 Å². The third kappa shape index (κ3) is 6.40. The van der Waals surface area contributed by atoms with E-state index in [1.165, 1.54) is 4.88 Å². The van der Waals surface area contributed by atoms with Gasteiger partial charge in [-0.05, 0) is 49.3 Å². The van der Waals surface area contributed by atoms with Crippen LogP contribution < -0.4 is 11.1 Å². The number of hydrogen-bond acceptors (Lipinski definition) is 5. The number of likely N-dealkylation sites (tertiary alicyclic amines) is 1. The zero-order chi connectivity index (χ0) is 23.1. The van der Waals surface area contributed by atoms with Crippen molar-refractivity contribution >= 4 is 23.2 Å². The van der Waals surface area contributed by atoms with Crippen LogP contribution in [0.15, 0.2) is 41.8 Å². The molecule has 3 rings (SSSR count). The first-order valence-corrected chi connectivity index (χ1v) is 12.4. The first-order chi connectivity index (χ1) is 15.4. The molecule has 0 bridgehead atoms. The van der Waals surface area contributed by atoms with Crippen LogP contribution >= 0.6 is 11.3 Å². The number of nitrogens with two attached hydrogens (primary N) is 1. The van der Waals surface area contributed by atoms with Gasteiger partial charge in [0.25, 0.3) is 5.91 Å². The van der Waals surface area contributed by atoms with E-state index in [0.29, 0.717) is 37.5 Å². The summed E-state index contributed by atoms with van der Waals surface area (Å²) in [6.45, 7) is 9.65. The number of thiophene rings is 1. The van der Waals surface area contributed by atoms with Crippen molar-refractivity contribution in [2.75, 3.05) is 26.2 Å². The molecule has 1 aliphatic rings. The van der Waals surface area contributed by atoms with Gasteiger partial charge in [-0.3, -0.25) is 14.5 Å². The zero-order valence-corrected chi connectivity index (χ0v) is 20.2. The van der Waals surface area contributed by atoms with Gasteiger partial charge in [-0.2, -0.15) is 0 Å². The van der Waals surface area contributed by atoms with Crippen LogP contribution in [0.5, 0.6) is 0 Å². The van der Waals surface area contributed by atoms with Crippen molar-refractivity contribution in [1.29, 1.82) is 0 Å². The van der Waals surface area contributed by atoms with Gasteiger partial charge >= 0.3 is 0 Å². The molecule has 0 radical (unpaired) electrons. The summed E-state index contributed by atoms with van der Waals surface area (Å²) in [5.41, 5.74) is 7.34. The maximum absolute atomic E-state index is 13.3. The van der Waals surface area contributed by atoms with E-state index < -0.39 is 6.04 Å². The molecule has 2 amide bonds. The largest absolute Gasteiger partial charge is 0.353 e. The number of hydrogen-bond donors (Lipinski definition) is 2. The van der Waals surface area contributed by atoms with E-state index in [9.17, 15) is 9.59 Å². The second kappa shape index (κ2) is 11.6. The molecule has 1 saturated heterocycles. The van der Waals surface area contributed by atoms with Crippen molar-refractivity contribution in [3.63, 3.8) is 0 Å². The monoisotopic (exact) mass is 456 g/mol. The fraction of sp³-hybridized carbons (Fsp3) is 0.520. The highest BCUT2D eigenvalue weighted by Gasteiger charge is 2.38. The maximum Gasteiger partial charge on any atom is 0.254 e. The van der Waals surface area contributed by atoms with Gasteiger partial charge in [0.05, 0.1) is 0 Å². The molecule has 32 heavy (non-hydrogen) atoms. The predicted octanol–water partition coefficient (Wildman–Crippen LogP) is 3.26. The summed E-state index contributed by atoms with van der Waals surface area (Å²) in [4.78, 5) is 32.0. The van der Waals surface area contributed by atoms with Crippen LogP contribution in [0.25, 0.3) is 0 Å². The maximum atomic E-state index is 13.3. The Morgan fingerprint density at radius 1 is 1.25 bits per heavy atom. The predicted molar refractivity (Wildman–Crippen MR) is 131 cm³/mol. The number of amides is 2. The molecule has 2 heterocycles. The Hall–Kier alpha value is -2.22. The van der Waals surface area contributed by atoms with Gasteiger partial charge in [-0.1, -0.05) is 37.6 Å². The SMILES string of the molecule is Cc1ccc(C(=O)N2CCC(N(Cc3cccs3)CC(C)C)C[C@@H]2C(=O)NCCN)cc1. The molecule has 174 valence electrons. The van der Waals surface area contributed by atoms with Gasteiger partial charge < -0.3 is 16.0 Å². The standard InChI is InChI=1S/C25H36N4O2S/c1-18(2)16-28(17-22-5-4-14-32-22)21-10-13-29(23(15-21)24(30)27-12-11-26)25(31)20-8-6-19(3)7-9-20/h4-9,14,18,21,23H,10-13,15-17,26H2,1-3H3,(H,27,30)/t21?,23-/m1/s1. The van der Waals surface area contributed by atoms with Crippen molar-refractivity contribution in [2.45, 2.75) is 52.2 Å². The van der Waals surface area contributed by atoms with E-state index in [-0.39, 0.29) is 17.9 Å². The quantitative estimate of drug-likeness (QED) is 0.607. The lowest BCUT2D eigenvalue weighted by Gasteiger charge is -2.43. The van der Waals surface area contributed by atoms with Crippen molar-refractivity contribution < 1.29 is 9.59 Å². The van der Waals surface area contributed by atoms with Gasteiger partial charge in [-0.15, -0.1) is 11.3 Å². The molecule has 0 spiro atoms. The van der Waals surface area contributed by atoms with Crippen LogP contribution in [-0.4, -0.2) is 59.9 Å². The Balaban J connectivity index is 1.81. The average Bonchev–Trinajstić information content (AvgIpc) is 3.29. The fourth-order valence-corrected chi connectivity index (χ4v) is 5.09. The zero-order valence-electron chi connectivity index (χ0n) is 19.4. The summed E-state index contributed by atoms with van der Waals surface area (Å²) in [7, 11) is 0. The van der Waals surface area contributed by atoms with E-state index in [0.717, 1.165) is 25.1 Å². The Morgan fingerprint density at radius 2 is 2.00 bits per heavy atom. The Bertz CT molecular complexity index is 867. The molecule has 1 aromatic carbocycles. The Morgan fingerprint density at radius 3 is 2.62 bits per heavy atom. The van der Waals surface area contributed by atoms with Crippen molar-refractivity contribution in [3.8, 4) is 0 Å². The van der Waals surface area contributed by atoms with Crippen LogP contribution in [0.3, 0.4) is 0 Å². The summed E-state index contributed by atoms with van der Waals surface area (Å²) in [6, 6.07) is 11.6. The number of rotatable bonds is 9.